The molecule has 4 aromatic rings. The zero-order valence-electron chi connectivity index (χ0n) is 15.8. The second kappa shape index (κ2) is 7.66. The van der Waals surface area contributed by atoms with Crippen LogP contribution in [0.4, 0.5) is 0 Å². The summed E-state index contributed by atoms with van der Waals surface area (Å²) in [5.41, 5.74) is 11.3. The van der Waals surface area contributed by atoms with E-state index < -0.39 is 0 Å². The fourth-order valence-electron chi connectivity index (χ4n) is 3.25. The third kappa shape index (κ3) is 3.40. The van der Waals surface area contributed by atoms with Crippen molar-refractivity contribution in [2.45, 2.75) is 6.04 Å². The lowest BCUT2D eigenvalue weighted by atomic mass is 9.98. The van der Waals surface area contributed by atoms with Crippen LogP contribution in [0, 0.1) is 0 Å². The molecule has 1 unspecified atom stereocenters. The van der Waals surface area contributed by atoms with Gasteiger partial charge < -0.3 is 15.2 Å². The topological polar surface area (TPSA) is 70.3 Å². The highest BCUT2D eigenvalue weighted by Crippen LogP contribution is 2.33. The second-order valence-electron chi connectivity index (χ2n) is 6.52. The molecule has 0 saturated heterocycles. The van der Waals surface area contributed by atoms with Crippen LogP contribution in [-0.2, 0) is 0 Å². The minimum atomic E-state index is -0.315. The zero-order valence-corrected chi connectivity index (χ0v) is 15.8. The Kier molecular flexibility index (Phi) is 4.91. The number of hydrogen-bond acceptors (Lipinski definition) is 5. The lowest BCUT2D eigenvalue weighted by Gasteiger charge is -2.14. The van der Waals surface area contributed by atoms with E-state index in [1.165, 1.54) is 0 Å². The first-order valence-corrected chi connectivity index (χ1v) is 8.97. The maximum Gasteiger partial charge on any atom is 0.161 e. The molecule has 28 heavy (non-hydrogen) atoms. The van der Waals surface area contributed by atoms with Gasteiger partial charge in [0.05, 0.1) is 25.8 Å². The highest BCUT2D eigenvalue weighted by molar-refractivity contribution is 5.79. The van der Waals surface area contributed by atoms with Gasteiger partial charge in [0.1, 0.15) is 0 Å². The number of methoxy groups -OCH3 is 2. The van der Waals surface area contributed by atoms with Crippen molar-refractivity contribution < 1.29 is 9.47 Å². The van der Waals surface area contributed by atoms with Crippen LogP contribution in [0.3, 0.4) is 0 Å². The van der Waals surface area contributed by atoms with Gasteiger partial charge in [-0.3, -0.25) is 9.97 Å². The summed E-state index contributed by atoms with van der Waals surface area (Å²) < 4.78 is 10.7. The van der Waals surface area contributed by atoms with E-state index in [1.54, 1.807) is 20.4 Å². The van der Waals surface area contributed by atoms with E-state index in [2.05, 4.69) is 16.0 Å². The summed E-state index contributed by atoms with van der Waals surface area (Å²) in [4.78, 5) is 8.91. The quantitative estimate of drug-likeness (QED) is 0.564. The average Bonchev–Trinajstić information content (AvgIpc) is 2.77. The third-order valence-corrected chi connectivity index (χ3v) is 4.81. The van der Waals surface area contributed by atoms with Gasteiger partial charge in [-0.2, -0.15) is 0 Å². The number of fused-ring (bicyclic) bond motifs is 1. The number of ether oxygens (including phenoxy) is 2. The molecule has 0 bridgehead atoms. The Hall–Kier alpha value is -3.44. The van der Waals surface area contributed by atoms with Crippen molar-refractivity contribution in [3.63, 3.8) is 0 Å². The molecule has 0 radical (unpaired) electrons. The third-order valence-electron chi connectivity index (χ3n) is 4.81. The molecular weight excluding hydrogens is 350 g/mol. The highest BCUT2D eigenvalue weighted by atomic mass is 16.5. The monoisotopic (exact) mass is 371 g/mol. The fourth-order valence-corrected chi connectivity index (χ4v) is 3.25. The van der Waals surface area contributed by atoms with Crippen LogP contribution in [0.1, 0.15) is 17.2 Å². The molecule has 1 atom stereocenters. The molecule has 0 aliphatic heterocycles. The summed E-state index contributed by atoms with van der Waals surface area (Å²) in [6.07, 6.45) is 5.44. The van der Waals surface area contributed by atoms with Gasteiger partial charge >= 0.3 is 0 Å². The van der Waals surface area contributed by atoms with Crippen LogP contribution >= 0.6 is 0 Å². The molecule has 2 N–H and O–H groups in total. The Morgan fingerprint density at radius 3 is 2.39 bits per heavy atom. The predicted molar refractivity (Wildman–Crippen MR) is 111 cm³/mol. The Morgan fingerprint density at radius 2 is 1.57 bits per heavy atom. The maximum absolute atomic E-state index is 6.53. The van der Waals surface area contributed by atoms with E-state index in [9.17, 15) is 0 Å². The van der Waals surface area contributed by atoms with Crippen molar-refractivity contribution >= 4 is 10.9 Å². The van der Waals surface area contributed by atoms with E-state index in [-0.39, 0.29) is 6.04 Å². The Bertz CT molecular complexity index is 1130. The number of nitrogens with two attached hydrogens (primary N) is 1. The van der Waals surface area contributed by atoms with Crippen LogP contribution in [0.15, 0.2) is 73.2 Å². The summed E-state index contributed by atoms with van der Waals surface area (Å²) >= 11 is 0. The van der Waals surface area contributed by atoms with Gasteiger partial charge in [0, 0.05) is 29.5 Å². The van der Waals surface area contributed by atoms with Crippen LogP contribution < -0.4 is 15.2 Å². The molecule has 2 aromatic heterocycles. The summed E-state index contributed by atoms with van der Waals surface area (Å²) in [5, 5.41) is 1.07. The standard InChI is InChI=1S/C23H21N3O2/c1-27-21-8-7-15(11-22(21)28-2)17-10-18(13-25-12-17)23(24)19-9-16-5-3-4-6-20(16)26-14-19/h3-14,23H,24H2,1-2H3. The largest absolute Gasteiger partial charge is 0.493 e. The molecule has 0 aliphatic carbocycles. The normalized spacial score (nSPS) is 12.0. The van der Waals surface area contributed by atoms with Crippen molar-refractivity contribution in [3.05, 3.63) is 84.3 Å². The van der Waals surface area contributed by atoms with Gasteiger partial charge in [-0.15, -0.1) is 0 Å². The van der Waals surface area contributed by atoms with Crippen molar-refractivity contribution in [2.24, 2.45) is 5.73 Å². The summed E-state index contributed by atoms with van der Waals surface area (Å²) in [6.45, 7) is 0. The molecule has 4 rings (SSSR count). The Labute approximate surface area is 163 Å². The number of aromatic nitrogens is 2. The molecule has 5 nitrogen and oxygen atoms in total. The van der Waals surface area contributed by atoms with Gasteiger partial charge in [0.15, 0.2) is 11.5 Å². The molecule has 2 heterocycles. The number of rotatable bonds is 5. The van der Waals surface area contributed by atoms with E-state index in [0.717, 1.165) is 33.2 Å². The number of benzene rings is 2. The smallest absolute Gasteiger partial charge is 0.161 e. The van der Waals surface area contributed by atoms with E-state index in [0.29, 0.717) is 11.5 Å². The molecule has 0 amide bonds. The molecular formula is C23H21N3O2. The predicted octanol–water partition coefficient (Wildman–Crippen LogP) is 4.36. The number of hydrogen-bond donors (Lipinski definition) is 1. The lowest BCUT2D eigenvalue weighted by Crippen LogP contribution is -2.12. The SMILES string of the molecule is COc1ccc(-c2cncc(C(N)c3cnc4ccccc4c3)c2)cc1OC. The van der Waals surface area contributed by atoms with Gasteiger partial charge in [-0.05, 0) is 47.0 Å². The number of pyridine rings is 2. The highest BCUT2D eigenvalue weighted by Gasteiger charge is 2.13. The Morgan fingerprint density at radius 1 is 0.786 bits per heavy atom. The number of para-hydroxylation sites is 1. The van der Waals surface area contributed by atoms with Gasteiger partial charge in [0.2, 0.25) is 0 Å². The first kappa shape index (κ1) is 17.9. The zero-order chi connectivity index (χ0) is 19.5. The molecule has 2 aromatic carbocycles. The lowest BCUT2D eigenvalue weighted by molar-refractivity contribution is 0.355. The maximum atomic E-state index is 6.53. The Balaban J connectivity index is 1.69. The summed E-state index contributed by atoms with van der Waals surface area (Å²) in [6, 6.07) is 17.6. The van der Waals surface area contributed by atoms with E-state index in [4.69, 9.17) is 15.2 Å². The van der Waals surface area contributed by atoms with Gasteiger partial charge in [0.25, 0.3) is 0 Å². The molecule has 0 aliphatic rings. The fraction of sp³-hybridized carbons (Fsp3) is 0.130. The van der Waals surface area contributed by atoms with Crippen LogP contribution in [0.5, 0.6) is 11.5 Å². The first-order chi connectivity index (χ1) is 13.7. The van der Waals surface area contributed by atoms with Crippen molar-refractivity contribution in [2.75, 3.05) is 14.2 Å². The molecule has 0 spiro atoms. The van der Waals surface area contributed by atoms with Crippen LogP contribution in [0.2, 0.25) is 0 Å². The van der Waals surface area contributed by atoms with Crippen LogP contribution in [-0.4, -0.2) is 24.2 Å². The van der Waals surface area contributed by atoms with Crippen molar-refractivity contribution in [1.82, 2.24) is 9.97 Å². The summed E-state index contributed by atoms with van der Waals surface area (Å²) in [7, 11) is 3.25. The van der Waals surface area contributed by atoms with E-state index >= 15 is 0 Å². The van der Waals surface area contributed by atoms with Gasteiger partial charge in [-0.1, -0.05) is 24.3 Å². The minimum Gasteiger partial charge on any atom is -0.493 e. The average molecular weight is 371 g/mol. The second-order valence-corrected chi connectivity index (χ2v) is 6.52. The number of nitrogens with zero attached hydrogens (tertiary/aromatic N) is 2. The molecule has 5 heteroatoms. The molecule has 0 saturated carbocycles. The molecule has 0 fully saturated rings. The molecule has 140 valence electrons. The van der Waals surface area contributed by atoms with Crippen molar-refractivity contribution in [3.8, 4) is 22.6 Å². The minimum absolute atomic E-state index is 0.315. The summed E-state index contributed by atoms with van der Waals surface area (Å²) in [5.74, 6) is 1.36. The van der Waals surface area contributed by atoms with E-state index in [1.807, 2.05) is 60.9 Å². The first-order valence-electron chi connectivity index (χ1n) is 8.97. The van der Waals surface area contributed by atoms with Crippen LogP contribution in [0.25, 0.3) is 22.0 Å². The van der Waals surface area contributed by atoms with Gasteiger partial charge in [-0.25, -0.2) is 0 Å². The van der Waals surface area contributed by atoms with Crippen molar-refractivity contribution in [1.29, 1.82) is 0 Å².